The Morgan fingerprint density at radius 1 is 0.935 bits per heavy atom. The van der Waals surface area contributed by atoms with Crippen molar-refractivity contribution in [1.29, 1.82) is 0 Å². The van der Waals surface area contributed by atoms with Crippen LogP contribution in [0, 0.1) is 0 Å². The van der Waals surface area contributed by atoms with Crippen LogP contribution in [0.15, 0.2) is 54.6 Å². The summed E-state index contributed by atoms with van der Waals surface area (Å²) < 4.78 is 2.03. The average Bonchev–Trinajstić information content (AvgIpc) is 3.11. The largest absolute Gasteiger partial charge is 0.378 e. The summed E-state index contributed by atoms with van der Waals surface area (Å²) >= 11 is 0. The fraction of sp³-hybridized carbons (Fsp3) is 0.360. The first-order valence-electron chi connectivity index (χ1n) is 10.7. The maximum atomic E-state index is 12.9. The van der Waals surface area contributed by atoms with Crippen molar-refractivity contribution in [1.82, 2.24) is 19.6 Å². The van der Waals surface area contributed by atoms with E-state index in [-0.39, 0.29) is 5.91 Å². The van der Waals surface area contributed by atoms with Crippen LogP contribution in [0.25, 0.3) is 0 Å². The first-order valence-corrected chi connectivity index (χ1v) is 10.7. The van der Waals surface area contributed by atoms with E-state index in [1.54, 1.807) is 19.0 Å². The lowest BCUT2D eigenvalue weighted by Crippen LogP contribution is -2.32. The number of benzene rings is 2. The van der Waals surface area contributed by atoms with Gasteiger partial charge in [0.2, 0.25) is 0 Å². The lowest BCUT2D eigenvalue weighted by Gasteiger charge is -2.28. The molecule has 0 saturated carbocycles. The molecule has 0 saturated heterocycles. The van der Waals surface area contributed by atoms with Crippen molar-refractivity contribution < 1.29 is 4.79 Å². The van der Waals surface area contributed by atoms with Gasteiger partial charge in [0, 0.05) is 71.2 Å². The average molecular weight is 418 g/mol. The Balaban J connectivity index is 1.58. The Labute approximate surface area is 184 Å². The van der Waals surface area contributed by atoms with E-state index in [4.69, 9.17) is 5.10 Å². The third-order valence-corrected chi connectivity index (χ3v) is 5.86. The number of hydrogen-bond acceptors (Lipinski definition) is 4. The predicted molar refractivity (Wildman–Crippen MR) is 124 cm³/mol. The summed E-state index contributed by atoms with van der Waals surface area (Å²) in [6.45, 7) is 3.26. The van der Waals surface area contributed by atoms with Crippen molar-refractivity contribution in [3.8, 4) is 0 Å². The normalized spacial score (nSPS) is 13.7. The molecule has 1 amide bonds. The number of rotatable bonds is 6. The van der Waals surface area contributed by atoms with Crippen molar-refractivity contribution in [2.75, 3.05) is 39.6 Å². The first kappa shape index (κ1) is 21.1. The molecule has 0 bridgehead atoms. The summed E-state index contributed by atoms with van der Waals surface area (Å²) in [5.41, 5.74) is 6.53. The molecule has 6 nitrogen and oxygen atoms in total. The van der Waals surface area contributed by atoms with Gasteiger partial charge in [0.1, 0.15) is 0 Å². The van der Waals surface area contributed by atoms with Gasteiger partial charge in [0.15, 0.2) is 5.69 Å². The molecule has 0 fully saturated rings. The van der Waals surface area contributed by atoms with Gasteiger partial charge in [-0.15, -0.1) is 0 Å². The van der Waals surface area contributed by atoms with Crippen LogP contribution in [0.3, 0.4) is 0 Å². The third-order valence-electron chi connectivity index (χ3n) is 5.86. The fourth-order valence-electron chi connectivity index (χ4n) is 4.11. The first-order chi connectivity index (χ1) is 14.9. The summed E-state index contributed by atoms with van der Waals surface area (Å²) in [7, 11) is 7.69. The molecule has 2 heterocycles. The fourth-order valence-corrected chi connectivity index (χ4v) is 4.11. The second-order valence-corrected chi connectivity index (χ2v) is 8.64. The minimum atomic E-state index is -0.0275. The van der Waals surface area contributed by atoms with E-state index >= 15 is 0 Å². The van der Waals surface area contributed by atoms with Crippen molar-refractivity contribution in [2.45, 2.75) is 26.1 Å². The second kappa shape index (κ2) is 8.94. The number of nitrogens with zero attached hydrogens (tertiary/aromatic N) is 5. The zero-order chi connectivity index (χ0) is 22.0. The summed E-state index contributed by atoms with van der Waals surface area (Å²) in [6, 6.07) is 19.0. The molecule has 1 aliphatic rings. The van der Waals surface area contributed by atoms with Gasteiger partial charge in [-0.1, -0.05) is 42.5 Å². The van der Waals surface area contributed by atoms with Gasteiger partial charge in [0.25, 0.3) is 5.91 Å². The molecule has 3 aromatic rings. The highest BCUT2D eigenvalue weighted by molar-refractivity contribution is 5.93. The lowest BCUT2D eigenvalue weighted by molar-refractivity contribution is 0.0818. The zero-order valence-electron chi connectivity index (χ0n) is 18.9. The second-order valence-electron chi connectivity index (χ2n) is 8.64. The van der Waals surface area contributed by atoms with Gasteiger partial charge in [0.05, 0.1) is 6.54 Å². The Hall–Kier alpha value is -3.12. The molecule has 0 aliphatic carbocycles. The van der Waals surface area contributed by atoms with Crippen LogP contribution in [0.2, 0.25) is 0 Å². The van der Waals surface area contributed by atoms with Gasteiger partial charge in [-0.3, -0.25) is 14.4 Å². The van der Waals surface area contributed by atoms with Gasteiger partial charge in [-0.05, 0) is 23.3 Å². The smallest absolute Gasteiger partial charge is 0.274 e. The SMILES string of the molecule is CN(C)C(=O)c1nn(Cc2ccccc2)c2c1CN(Cc1ccc(N(C)C)cc1)CC2. The summed E-state index contributed by atoms with van der Waals surface area (Å²) in [6.07, 6.45) is 0.895. The number of carbonyl (C=O) groups is 1. The molecular formula is C25H31N5O. The Kier molecular flexibility index (Phi) is 6.09. The van der Waals surface area contributed by atoms with Crippen molar-refractivity contribution >= 4 is 11.6 Å². The van der Waals surface area contributed by atoms with Gasteiger partial charge >= 0.3 is 0 Å². The Morgan fingerprint density at radius 2 is 1.61 bits per heavy atom. The van der Waals surface area contributed by atoms with E-state index in [0.29, 0.717) is 12.2 Å². The highest BCUT2D eigenvalue weighted by atomic mass is 16.2. The molecule has 0 atom stereocenters. The van der Waals surface area contributed by atoms with Crippen LogP contribution in [0.1, 0.15) is 32.9 Å². The maximum absolute atomic E-state index is 12.9. The van der Waals surface area contributed by atoms with Crippen molar-refractivity contribution in [3.05, 3.63) is 82.7 Å². The third kappa shape index (κ3) is 4.64. The Morgan fingerprint density at radius 3 is 2.26 bits per heavy atom. The van der Waals surface area contributed by atoms with E-state index in [1.165, 1.54) is 22.5 Å². The number of anilines is 1. The molecule has 162 valence electrons. The molecular weight excluding hydrogens is 386 g/mol. The van der Waals surface area contributed by atoms with Gasteiger partial charge < -0.3 is 9.80 Å². The molecule has 2 aromatic carbocycles. The molecule has 1 aromatic heterocycles. The van der Waals surface area contributed by atoms with Gasteiger partial charge in [-0.2, -0.15) is 5.10 Å². The number of hydrogen-bond donors (Lipinski definition) is 0. The quantitative estimate of drug-likeness (QED) is 0.618. The molecule has 0 spiro atoms. The zero-order valence-corrected chi connectivity index (χ0v) is 18.9. The highest BCUT2D eigenvalue weighted by Gasteiger charge is 2.29. The highest BCUT2D eigenvalue weighted by Crippen LogP contribution is 2.26. The number of fused-ring (bicyclic) bond motifs is 1. The van der Waals surface area contributed by atoms with Crippen LogP contribution in [-0.2, 0) is 26.1 Å². The number of carbonyl (C=O) groups excluding carboxylic acids is 1. The van der Waals surface area contributed by atoms with E-state index in [1.807, 2.05) is 22.9 Å². The predicted octanol–water partition coefficient (Wildman–Crippen LogP) is 3.26. The van der Waals surface area contributed by atoms with E-state index < -0.39 is 0 Å². The lowest BCUT2D eigenvalue weighted by atomic mass is 10.0. The van der Waals surface area contributed by atoms with E-state index in [9.17, 15) is 4.79 Å². The standard InChI is InChI=1S/C25H31N5O/c1-27(2)21-12-10-20(11-13-21)16-29-15-14-23-22(18-29)24(25(31)28(3)4)26-30(23)17-19-8-6-5-7-9-19/h5-13H,14-18H2,1-4H3. The van der Waals surface area contributed by atoms with Crippen LogP contribution in [0.4, 0.5) is 5.69 Å². The molecule has 1 aliphatic heterocycles. The topological polar surface area (TPSA) is 44.6 Å². The monoisotopic (exact) mass is 417 g/mol. The van der Waals surface area contributed by atoms with Crippen LogP contribution >= 0.6 is 0 Å². The van der Waals surface area contributed by atoms with Crippen molar-refractivity contribution in [3.63, 3.8) is 0 Å². The van der Waals surface area contributed by atoms with Gasteiger partial charge in [-0.25, -0.2) is 0 Å². The Bertz CT molecular complexity index is 1040. The molecule has 4 rings (SSSR count). The van der Waals surface area contributed by atoms with E-state index in [0.717, 1.165) is 31.6 Å². The molecule has 6 heteroatoms. The number of aromatic nitrogens is 2. The molecule has 0 unspecified atom stereocenters. The summed E-state index contributed by atoms with van der Waals surface area (Å²) in [5, 5.41) is 4.77. The van der Waals surface area contributed by atoms with Crippen molar-refractivity contribution in [2.24, 2.45) is 0 Å². The number of amides is 1. The van der Waals surface area contributed by atoms with Crippen LogP contribution in [-0.4, -0.2) is 60.2 Å². The summed E-state index contributed by atoms with van der Waals surface area (Å²) in [5.74, 6) is -0.0275. The molecule has 0 radical (unpaired) electrons. The minimum absolute atomic E-state index is 0.0275. The molecule has 0 N–H and O–H groups in total. The van der Waals surface area contributed by atoms with Crippen LogP contribution < -0.4 is 4.90 Å². The van der Waals surface area contributed by atoms with E-state index in [2.05, 4.69) is 60.3 Å². The molecule has 31 heavy (non-hydrogen) atoms. The maximum Gasteiger partial charge on any atom is 0.274 e. The summed E-state index contributed by atoms with van der Waals surface area (Å²) in [4.78, 5) is 19.0. The minimum Gasteiger partial charge on any atom is -0.378 e. The van der Waals surface area contributed by atoms with Crippen LogP contribution in [0.5, 0.6) is 0 Å².